The molecule has 0 aliphatic carbocycles. The van der Waals surface area contributed by atoms with Gasteiger partial charge in [-0.2, -0.15) is 0 Å². The van der Waals surface area contributed by atoms with Crippen molar-refractivity contribution in [3.63, 3.8) is 0 Å². The van der Waals surface area contributed by atoms with E-state index in [0.29, 0.717) is 24.7 Å². The zero-order chi connectivity index (χ0) is 15.2. The highest BCUT2D eigenvalue weighted by Gasteiger charge is 2.21. The number of nitrogens with one attached hydrogen (secondary N) is 1. The Balaban J connectivity index is 2.08. The fraction of sp³-hybridized carbons (Fsp3) is 0.562. The second-order valence-electron chi connectivity index (χ2n) is 5.53. The van der Waals surface area contributed by atoms with Crippen LogP contribution in [0, 0.1) is 5.82 Å². The van der Waals surface area contributed by atoms with E-state index in [4.69, 9.17) is 11.6 Å². The monoisotopic (exact) mass is 312 g/mol. The molecule has 0 aromatic heterocycles. The molecule has 1 atom stereocenters. The van der Waals surface area contributed by atoms with Crippen LogP contribution in [0.25, 0.3) is 0 Å². The lowest BCUT2D eigenvalue weighted by Gasteiger charge is -2.30. The molecule has 21 heavy (non-hydrogen) atoms. The number of benzene rings is 1. The summed E-state index contributed by atoms with van der Waals surface area (Å²) in [6.45, 7) is 4.41. The van der Waals surface area contributed by atoms with Gasteiger partial charge in [0.25, 0.3) is 5.91 Å². The largest absolute Gasteiger partial charge is 0.337 e. The second-order valence-corrected chi connectivity index (χ2v) is 5.93. The number of amides is 1. The summed E-state index contributed by atoms with van der Waals surface area (Å²) in [6.07, 6.45) is 4.36. The van der Waals surface area contributed by atoms with Gasteiger partial charge in [-0.3, -0.25) is 4.79 Å². The molecule has 0 bridgehead atoms. The van der Waals surface area contributed by atoms with Crippen molar-refractivity contribution in [2.45, 2.75) is 38.6 Å². The number of rotatable bonds is 5. The van der Waals surface area contributed by atoms with Crippen LogP contribution in [0.5, 0.6) is 0 Å². The molecule has 0 radical (unpaired) electrons. The van der Waals surface area contributed by atoms with Gasteiger partial charge in [-0.1, -0.05) is 24.9 Å². The maximum absolute atomic E-state index is 13.5. The molecule has 0 saturated carbocycles. The van der Waals surface area contributed by atoms with E-state index in [1.807, 2.05) is 11.8 Å². The third kappa shape index (κ3) is 4.42. The van der Waals surface area contributed by atoms with Crippen molar-refractivity contribution in [3.8, 4) is 0 Å². The fourth-order valence-corrected chi connectivity index (χ4v) is 2.82. The van der Waals surface area contributed by atoms with E-state index in [0.717, 1.165) is 19.4 Å². The van der Waals surface area contributed by atoms with Crippen molar-refractivity contribution in [3.05, 3.63) is 34.6 Å². The lowest BCUT2D eigenvalue weighted by Crippen LogP contribution is -2.46. The topological polar surface area (TPSA) is 32.3 Å². The van der Waals surface area contributed by atoms with Gasteiger partial charge in [0.2, 0.25) is 0 Å². The minimum atomic E-state index is -0.547. The first-order valence-electron chi connectivity index (χ1n) is 7.59. The fourth-order valence-electron chi connectivity index (χ4n) is 2.70. The number of piperidine rings is 1. The molecule has 1 unspecified atom stereocenters. The molecular weight excluding hydrogens is 291 g/mol. The Kier molecular flexibility index (Phi) is 6.00. The zero-order valence-corrected chi connectivity index (χ0v) is 13.1. The van der Waals surface area contributed by atoms with Gasteiger partial charge < -0.3 is 10.2 Å². The summed E-state index contributed by atoms with van der Waals surface area (Å²) in [5, 5.41) is 3.49. The number of carbonyl (C=O) groups is 1. The van der Waals surface area contributed by atoms with Crippen LogP contribution in [0.3, 0.4) is 0 Å². The minimum Gasteiger partial charge on any atom is -0.337 e. The van der Waals surface area contributed by atoms with Crippen molar-refractivity contribution in [1.29, 1.82) is 0 Å². The number of nitrogens with zero attached hydrogens (tertiary/aromatic N) is 1. The molecule has 5 heteroatoms. The van der Waals surface area contributed by atoms with Crippen LogP contribution in [0.2, 0.25) is 5.02 Å². The summed E-state index contributed by atoms with van der Waals surface area (Å²) >= 11 is 5.67. The van der Waals surface area contributed by atoms with E-state index >= 15 is 0 Å². The van der Waals surface area contributed by atoms with Crippen LogP contribution in [0.4, 0.5) is 4.39 Å². The molecule has 1 amide bonds. The molecule has 2 rings (SSSR count). The minimum absolute atomic E-state index is 0.0440. The van der Waals surface area contributed by atoms with Gasteiger partial charge in [-0.05, 0) is 44.0 Å². The Morgan fingerprint density at radius 3 is 2.90 bits per heavy atom. The van der Waals surface area contributed by atoms with Crippen LogP contribution < -0.4 is 5.32 Å². The van der Waals surface area contributed by atoms with Crippen molar-refractivity contribution in [1.82, 2.24) is 10.2 Å². The number of carbonyl (C=O) groups excluding carboxylic acids is 1. The van der Waals surface area contributed by atoms with E-state index in [2.05, 4.69) is 5.32 Å². The summed E-state index contributed by atoms with van der Waals surface area (Å²) in [4.78, 5) is 14.4. The molecule has 1 saturated heterocycles. The van der Waals surface area contributed by atoms with E-state index in [1.165, 1.54) is 25.0 Å². The Bertz CT molecular complexity index is 489. The predicted molar refractivity (Wildman–Crippen MR) is 83.2 cm³/mol. The SMILES string of the molecule is CCCN(CC1CCCCN1)C(=O)c1ccc(Cl)c(F)c1. The highest BCUT2D eigenvalue weighted by Crippen LogP contribution is 2.18. The van der Waals surface area contributed by atoms with E-state index < -0.39 is 5.82 Å². The summed E-state index contributed by atoms with van der Waals surface area (Å²) in [5.74, 6) is -0.672. The van der Waals surface area contributed by atoms with Crippen LogP contribution in [0.1, 0.15) is 43.0 Å². The molecule has 1 N–H and O–H groups in total. The van der Waals surface area contributed by atoms with Gasteiger partial charge in [0, 0.05) is 24.7 Å². The van der Waals surface area contributed by atoms with Crippen molar-refractivity contribution in [2.75, 3.05) is 19.6 Å². The summed E-state index contributed by atoms with van der Waals surface area (Å²) in [7, 11) is 0. The standard InChI is InChI=1S/C16H22ClFN2O/c1-2-9-20(11-13-5-3-4-8-19-13)16(21)12-6-7-14(17)15(18)10-12/h6-7,10,13,19H,2-5,8-9,11H2,1H3. The van der Waals surface area contributed by atoms with Gasteiger partial charge in [0.05, 0.1) is 5.02 Å². The van der Waals surface area contributed by atoms with Crippen LogP contribution in [-0.2, 0) is 0 Å². The molecular formula is C16H22ClFN2O. The molecule has 1 heterocycles. The summed E-state index contributed by atoms with van der Waals surface area (Å²) in [6, 6.07) is 4.59. The summed E-state index contributed by atoms with van der Waals surface area (Å²) < 4.78 is 13.5. The van der Waals surface area contributed by atoms with Crippen molar-refractivity contribution < 1.29 is 9.18 Å². The maximum Gasteiger partial charge on any atom is 0.254 e. The first-order chi connectivity index (χ1) is 10.1. The van der Waals surface area contributed by atoms with E-state index in [-0.39, 0.29) is 10.9 Å². The smallest absolute Gasteiger partial charge is 0.254 e. The normalized spacial score (nSPS) is 18.5. The number of hydrogen-bond acceptors (Lipinski definition) is 2. The van der Waals surface area contributed by atoms with Gasteiger partial charge in [0.1, 0.15) is 5.82 Å². The average molecular weight is 313 g/mol. The predicted octanol–water partition coefficient (Wildman–Crippen LogP) is 3.47. The molecule has 1 aliphatic heterocycles. The lowest BCUT2D eigenvalue weighted by molar-refractivity contribution is 0.0731. The van der Waals surface area contributed by atoms with Crippen molar-refractivity contribution >= 4 is 17.5 Å². The Hall–Kier alpha value is -1.13. The molecule has 116 valence electrons. The highest BCUT2D eigenvalue weighted by atomic mass is 35.5. The van der Waals surface area contributed by atoms with E-state index in [1.54, 1.807) is 6.07 Å². The second kappa shape index (κ2) is 7.76. The molecule has 0 spiro atoms. The maximum atomic E-state index is 13.5. The first-order valence-corrected chi connectivity index (χ1v) is 7.97. The quantitative estimate of drug-likeness (QED) is 0.903. The Morgan fingerprint density at radius 1 is 1.48 bits per heavy atom. The first kappa shape index (κ1) is 16.2. The summed E-state index contributed by atoms with van der Waals surface area (Å²) in [5.41, 5.74) is 0.362. The molecule has 1 aromatic rings. The molecule has 1 aliphatic rings. The third-order valence-corrected chi connectivity index (χ3v) is 4.11. The van der Waals surface area contributed by atoms with Gasteiger partial charge in [-0.25, -0.2) is 4.39 Å². The van der Waals surface area contributed by atoms with Crippen LogP contribution >= 0.6 is 11.6 Å². The third-order valence-electron chi connectivity index (χ3n) is 3.80. The molecule has 1 aromatic carbocycles. The highest BCUT2D eigenvalue weighted by molar-refractivity contribution is 6.30. The zero-order valence-electron chi connectivity index (χ0n) is 12.4. The van der Waals surface area contributed by atoms with Gasteiger partial charge in [-0.15, -0.1) is 0 Å². The van der Waals surface area contributed by atoms with Gasteiger partial charge in [0.15, 0.2) is 0 Å². The molecule has 1 fully saturated rings. The number of hydrogen-bond donors (Lipinski definition) is 1. The van der Waals surface area contributed by atoms with Gasteiger partial charge >= 0.3 is 0 Å². The lowest BCUT2D eigenvalue weighted by atomic mass is 10.0. The Morgan fingerprint density at radius 2 is 2.29 bits per heavy atom. The van der Waals surface area contributed by atoms with Crippen LogP contribution in [-0.4, -0.2) is 36.5 Å². The number of halogens is 2. The Labute approximate surface area is 130 Å². The van der Waals surface area contributed by atoms with E-state index in [9.17, 15) is 9.18 Å². The average Bonchev–Trinajstić information content (AvgIpc) is 2.50. The van der Waals surface area contributed by atoms with Crippen molar-refractivity contribution in [2.24, 2.45) is 0 Å². The van der Waals surface area contributed by atoms with Crippen LogP contribution in [0.15, 0.2) is 18.2 Å². The molecule has 3 nitrogen and oxygen atoms in total.